The molecule has 0 radical (unpaired) electrons. The Kier molecular flexibility index (Phi) is 3.43. The Bertz CT molecular complexity index is 409. The quantitative estimate of drug-likeness (QED) is 0.921. The zero-order valence-electron chi connectivity index (χ0n) is 9.00. The number of ether oxygens (including phenoxy) is 1. The predicted octanol–water partition coefficient (Wildman–Crippen LogP) is 1.81. The van der Waals surface area contributed by atoms with Crippen LogP contribution in [0.3, 0.4) is 0 Å². The summed E-state index contributed by atoms with van der Waals surface area (Å²) in [6.07, 6.45) is 3.19. The van der Waals surface area contributed by atoms with Gasteiger partial charge in [0.15, 0.2) is 0 Å². The number of hydrogen-bond donors (Lipinski definition) is 1. The first kappa shape index (κ1) is 11.4. The predicted molar refractivity (Wildman–Crippen MR) is 63.3 cm³/mol. The average Bonchev–Trinajstić information content (AvgIpc) is 2.63. The number of nitrogens with zero attached hydrogens (tertiary/aromatic N) is 1. The van der Waals surface area contributed by atoms with Crippen molar-refractivity contribution in [3.63, 3.8) is 0 Å². The Labute approximate surface area is 103 Å². The Morgan fingerprint density at radius 1 is 1.69 bits per heavy atom. The molecule has 2 rings (SSSR count). The van der Waals surface area contributed by atoms with Crippen molar-refractivity contribution in [2.45, 2.75) is 25.8 Å². The maximum atomic E-state index is 11.0. The molecule has 0 aliphatic carbocycles. The summed E-state index contributed by atoms with van der Waals surface area (Å²) < 4.78 is 6.40. The molecular weight excluding hydrogens is 272 g/mol. The number of rotatable bonds is 3. The van der Waals surface area contributed by atoms with Crippen molar-refractivity contribution in [3.8, 4) is 5.88 Å². The highest BCUT2D eigenvalue weighted by Gasteiger charge is 2.21. The van der Waals surface area contributed by atoms with E-state index in [0.717, 1.165) is 16.5 Å². The summed E-state index contributed by atoms with van der Waals surface area (Å²) in [6.45, 7) is 2.44. The van der Waals surface area contributed by atoms with E-state index in [1.807, 2.05) is 13.0 Å². The number of pyridine rings is 1. The van der Waals surface area contributed by atoms with Gasteiger partial charge in [-0.2, -0.15) is 0 Å². The molecule has 16 heavy (non-hydrogen) atoms. The summed E-state index contributed by atoms with van der Waals surface area (Å²) in [5.41, 5.74) is 1.08. The van der Waals surface area contributed by atoms with Crippen molar-refractivity contribution in [2.75, 3.05) is 6.61 Å². The summed E-state index contributed by atoms with van der Waals surface area (Å²) >= 11 is 3.39. The summed E-state index contributed by atoms with van der Waals surface area (Å²) in [6, 6.07) is 2.07. The highest BCUT2D eigenvalue weighted by atomic mass is 79.9. The summed E-state index contributed by atoms with van der Waals surface area (Å²) in [5, 5.41) is 2.85. The fraction of sp³-hybridized carbons (Fsp3) is 0.455. The van der Waals surface area contributed by atoms with Gasteiger partial charge in [-0.1, -0.05) is 0 Å². The molecule has 4 nitrogen and oxygen atoms in total. The fourth-order valence-corrected chi connectivity index (χ4v) is 2.19. The first-order valence-corrected chi connectivity index (χ1v) is 5.99. The lowest BCUT2D eigenvalue weighted by Crippen LogP contribution is -2.31. The van der Waals surface area contributed by atoms with Crippen LogP contribution in [0.15, 0.2) is 16.7 Å². The lowest BCUT2D eigenvalue weighted by atomic mass is 10.2. The van der Waals surface area contributed by atoms with E-state index in [4.69, 9.17) is 4.74 Å². The van der Waals surface area contributed by atoms with Crippen molar-refractivity contribution < 1.29 is 9.53 Å². The first-order valence-electron chi connectivity index (χ1n) is 5.19. The molecule has 1 aromatic rings. The van der Waals surface area contributed by atoms with Crippen LogP contribution < -0.4 is 10.1 Å². The van der Waals surface area contributed by atoms with E-state index in [2.05, 4.69) is 26.2 Å². The Morgan fingerprint density at radius 2 is 2.50 bits per heavy atom. The SMILES string of the molecule is Cc1cnc(OC[C@@H]2CCC(=O)N2)c(Br)c1. The van der Waals surface area contributed by atoms with Gasteiger partial charge in [0, 0.05) is 12.6 Å². The van der Waals surface area contributed by atoms with Crippen molar-refractivity contribution in [1.29, 1.82) is 0 Å². The minimum absolute atomic E-state index is 0.101. The summed E-state index contributed by atoms with van der Waals surface area (Å²) in [7, 11) is 0. The van der Waals surface area contributed by atoms with E-state index in [0.29, 0.717) is 18.9 Å². The normalized spacial score (nSPS) is 19.6. The van der Waals surface area contributed by atoms with Gasteiger partial charge >= 0.3 is 0 Å². The van der Waals surface area contributed by atoms with Crippen LogP contribution in [0.4, 0.5) is 0 Å². The Morgan fingerprint density at radius 3 is 3.12 bits per heavy atom. The molecule has 0 aromatic carbocycles. The fourth-order valence-electron chi connectivity index (χ4n) is 1.61. The second kappa shape index (κ2) is 4.82. The van der Waals surface area contributed by atoms with Crippen LogP contribution in [-0.4, -0.2) is 23.5 Å². The molecule has 1 fully saturated rings. The van der Waals surface area contributed by atoms with Crippen molar-refractivity contribution in [3.05, 3.63) is 22.3 Å². The van der Waals surface area contributed by atoms with Crippen molar-refractivity contribution in [2.24, 2.45) is 0 Å². The van der Waals surface area contributed by atoms with Crippen LogP contribution in [0.2, 0.25) is 0 Å². The highest BCUT2D eigenvalue weighted by Crippen LogP contribution is 2.23. The number of hydrogen-bond acceptors (Lipinski definition) is 3. The second-order valence-corrected chi connectivity index (χ2v) is 4.77. The molecule has 0 bridgehead atoms. The number of amides is 1. The van der Waals surface area contributed by atoms with Gasteiger partial charge in [0.1, 0.15) is 6.61 Å². The smallest absolute Gasteiger partial charge is 0.228 e. The van der Waals surface area contributed by atoms with Crippen LogP contribution in [0, 0.1) is 6.92 Å². The third kappa shape index (κ3) is 2.72. The number of nitrogens with one attached hydrogen (secondary N) is 1. The van der Waals surface area contributed by atoms with Crippen LogP contribution in [-0.2, 0) is 4.79 Å². The molecule has 0 spiro atoms. The van der Waals surface area contributed by atoms with Gasteiger partial charge in [-0.25, -0.2) is 4.98 Å². The van der Waals surface area contributed by atoms with Crippen molar-refractivity contribution >= 4 is 21.8 Å². The van der Waals surface area contributed by atoms with E-state index < -0.39 is 0 Å². The zero-order valence-corrected chi connectivity index (χ0v) is 10.6. The van der Waals surface area contributed by atoms with Gasteiger partial charge in [-0.15, -0.1) is 0 Å². The lowest BCUT2D eigenvalue weighted by Gasteiger charge is -2.12. The first-order chi connectivity index (χ1) is 7.65. The standard InChI is InChI=1S/C11H13BrN2O2/c1-7-4-9(12)11(13-5-7)16-6-8-2-3-10(15)14-8/h4-5,8H,2-3,6H2,1H3,(H,14,15)/t8-/m0/s1. The molecule has 2 heterocycles. The monoisotopic (exact) mass is 284 g/mol. The molecule has 0 unspecified atom stereocenters. The maximum absolute atomic E-state index is 11.0. The van der Waals surface area contributed by atoms with Crippen LogP contribution in [0.25, 0.3) is 0 Å². The van der Waals surface area contributed by atoms with Gasteiger partial charge in [-0.05, 0) is 40.9 Å². The van der Waals surface area contributed by atoms with E-state index in [-0.39, 0.29) is 11.9 Å². The average molecular weight is 285 g/mol. The molecule has 0 saturated carbocycles. The van der Waals surface area contributed by atoms with E-state index in [9.17, 15) is 4.79 Å². The molecule has 1 aromatic heterocycles. The molecule has 86 valence electrons. The minimum atomic E-state index is 0.101. The topological polar surface area (TPSA) is 51.2 Å². The van der Waals surface area contributed by atoms with E-state index in [1.165, 1.54) is 0 Å². The number of carbonyl (C=O) groups is 1. The van der Waals surface area contributed by atoms with Crippen LogP contribution in [0.1, 0.15) is 18.4 Å². The van der Waals surface area contributed by atoms with Gasteiger partial charge < -0.3 is 10.1 Å². The molecule has 1 N–H and O–H groups in total. The van der Waals surface area contributed by atoms with Gasteiger partial charge in [0.2, 0.25) is 11.8 Å². The number of halogens is 1. The molecular formula is C11H13BrN2O2. The third-order valence-electron chi connectivity index (χ3n) is 2.45. The summed E-state index contributed by atoms with van der Waals surface area (Å²) in [5.74, 6) is 0.677. The van der Waals surface area contributed by atoms with Crippen LogP contribution in [0.5, 0.6) is 5.88 Å². The number of carbonyl (C=O) groups excluding carboxylic acids is 1. The molecule has 1 aliphatic rings. The third-order valence-corrected chi connectivity index (χ3v) is 3.02. The minimum Gasteiger partial charge on any atom is -0.475 e. The van der Waals surface area contributed by atoms with Gasteiger partial charge in [0.25, 0.3) is 0 Å². The van der Waals surface area contributed by atoms with E-state index >= 15 is 0 Å². The maximum Gasteiger partial charge on any atom is 0.228 e. The van der Waals surface area contributed by atoms with Crippen molar-refractivity contribution in [1.82, 2.24) is 10.3 Å². The largest absolute Gasteiger partial charge is 0.475 e. The number of aromatic nitrogens is 1. The Hall–Kier alpha value is -1.10. The molecule has 1 aliphatic heterocycles. The molecule has 1 saturated heterocycles. The number of aryl methyl sites for hydroxylation is 1. The van der Waals surface area contributed by atoms with E-state index in [1.54, 1.807) is 6.20 Å². The molecule has 1 amide bonds. The lowest BCUT2D eigenvalue weighted by molar-refractivity contribution is -0.119. The van der Waals surface area contributed by atoms with Crippen LogP contribution >= 0.6 is 15.9 Å². The molecule has 5 heteroatoms. The van der Waals surface area contributed by atoms with Gasteiger partial charge in [0.05, 0.1) is 10.5 Å². The zero-order chi connectivity index (χ0) is 11.5. The Balaban J connectivity index is 1.92. The van der Waals surface area contributed by atoms with Gasteiger partial charge in [-0.3, -0.25) is 4.79 Å². The molecule has 1 atom stereocenters. The second-order valence-electron chi connectivity index (χ2n) is 3.91. The highest BCUT2D eigenvalue weighted by molar-refractivity contribution is 9.10. The summed E-state index contributed by atoms with van der Waals surface area (Å²) in [4.78, 5) is 15.2.